The molecule has 0 fully saturated rings. The molecule has 0 aliphatic heterocycles. The van der Waals surface area contributed by atoms with E-state index in [1.54, 1.807) is 7.11 Å². The number of hydrogen-bond acceptors (Lipinski definition) is 3. The van der Waals surface area contributed by atoms with Gasteiger partial charge in [0.15, 0.2) is 0 Å². The molecule has 0 unspecified atom stereocenters. The SMILES string of the molecule is COC(=O)/C=C(/CP(Br)(c1ccccc1)(c1ccccc1)c1ccccc1)OC. The quantitative estimate of drug-likeness (QED) is 0.220. The molecular weight excluding hydrogens is 447 g/mol. The molecule has 0 saturated carbocycles. The van der Waals surface area contributed by atoms with Crippen molar-refractivity contribution >= 4 is 42.7 Å². The van der Waals surface area contributed by atoms with Gasteiger partial charge in [0.2, 0.25) is 0 Å². The molecule has 150 valence electrons. The van der Waals surface area contributed by atoms with Gasteiger partial charge in [0, 0.05) is 0 Å². The van der Waals surface area contributed by atoms with E-state index in [1.807, 2.05) is 54.6 Å². The van der Waals surface area contributed by atoms with Crippen LogP contribution in [0.1, 0.15) is 0 Å². The van der Waals surface area contributed by atoms with Crippen LogP contribution >= 0.6 is 20.8 Å². The van der Waals surface area contributed by atoms with Crippen LogP contribution in [0, 0.1) is 0 Å². The third-order valence-corrected chi connectivity index (χ3v) is 14.5. The van der Waals surface area contributed by atoms with Crippen molar-refractivity contribution < 1.29 is 14.3 Å². The molecule has 0 aromatic heterocycles. The van der Waals surface area contributed by atoms with E-state index in [-0.39, 0.29) is 0 Å². The summed E-state index contributed by atoms with van der Waals surface area (Å²) in [4.78, 5) is 12.0. The Bertz CT molecular complexity index is 889. The van der Waals surface area contributed by atoms with Crippen LogP contribution in [-0.4, -0.2) is 26.4 Å². The first-order valence-corrected chi connectivity index (χ1v) is 13.7. The molecule has 3 rings (SSSR count). The first-order valence-electron chi connectivity index (χ1n) is 9.25. The minimum absolute atomic E-state index is 0.436. The Labute approximate surface area is 180 Å². The predicted octanol–water partition coefficient (Wildman–Crippen LogP) is 4.53. The van der Waals surface area contributed by atoms with Crippen molar-refractivity contribution in [2.45, 2.75) is 0 Å². The number of allylic oxidation sites excluding steroid dienone is 1. The molecule has 0 N–H and O–H groups in total. The topological polar surface area (TPSA) is 35.5 Å². The number of esters is 1. The van der Waals surface area contributed by atoms with Crippen molar-refractivity contribution in [3.8, 4) is 0 Å². The zero-order chi connectivity index (χ0) is 20.8. The standard InChI is InChI=1S/C24H24BrO3P/c1-27-20(18-24(26)28-2)19-29(25,21-12-6-3-7-13-21,22-14-8-4-9-15-22)23-16-10-5-11-17-23/h3-18H,19H2,1-2H3/b20-18-. The van der Waals surface area contributed by atoms with E-state index in [4.69, 9.17) is 9.47 Å². The van der Waals surface area contributed by atoms with Crippen molar-refractivity contribution in [1.82, 2.24) is 0 Å². The molecule has 0 spiro atoms. The van der Waals surface area contributed by atoms with Gasteiger partial charge in [-0.15, -0.1) is 0 Å². The van der Waals surface area contributed by atoms with Crippen LogP contribution in [0.5, 0.6) is 0 Å². The molecule has 3 nitrogen and oxygen atoms in total. The first kappa shape index (κ1) is 21.3. The fourth-order valence-electron chi connectivity index (χ4n) is 3.59. The normalized spacial score (nSPS) is 13.2. The Kier molecular flexibility index (Phi) is 6.56. The molecule has 5 heteroatoms. The molecule has 3 aromatic carbocycles. The van der Waals surface area contributed by atoms with Crippen molar-refractivity contribution in [2.24, 2.45) is 0 Å². The molecule has 0 amide bonds. The number of ether oxygens (including phenoxy) is 2. The summed E-state index contributed by atoms with van der Waals surface area (Å²) in [6, 6.07) is 31.1. The fourth-order valence-corrected chi connectivity index (χ4v) is 11.1. The van der Waals surface area contributed by atoms with Crippen LogP contribution in [0.2, 0.25) is 0 Å². The van der Waals surface area contributed by atoms with Gasteiger partial charge in [0.25, 0.3) is 0 Å². The van der Waals surface area contributed by atoms with Gasteiger partial charge in [-0.05, 0) is 0 Å². The second-order valence-electron chi connectivity index (χ2n) is 6.69. The zero-order valence-corrected chi connectivity index (χ0v) is 19.0. The Morgan fingerprint density at radius 1 is 0.759 bits per heavy atom. The van der Waals surface area contributed by atoms with Crippen LogP contribution in [0.25, 0.3) is 0 Å². The van der Waals surface area contributed by atoms with Crippen LogP contribution in [0.15, 0.2) is 103 Å². The number of hydrogen-bond donors (Lipinski definition) is 0. The van der Waals surface area contributed by atoms with Gasteiger partial charge in [0.1, 0.15) is 0 Å². The van der Waals surface area contributed by atoms with Crippen LogP contribution in [-0.2, 0) is 14.3 Å². The molecule has 0 saturated heterocycles. The molecular formula is C24H24BrO3P. The molecule has 0 aliphatic carbocycles. The van der Waals surface area contributed by atoms with Crippen molar-refractivity contribution in [3.63, 3.8) is 0 Å². The molecule has 0 atom stereocenters. The number of rotatable bonds is 7. The molecule has 29 heavy (non-hydrogen) atoms. The molecule has 0 bridgehead atoms. The number of halogens is 1. The summed E-state index contributed by atoms with van der Waals surface area (Å²) in [5.41, 5.74) is 0. The second-order valence-corrected chi connectivity index (χ2v) is 15.6. The maximum atomic E-state index is 12.0. The van der Waals surface area contributed by atoms with Gasteiger partial charge in [-0.1, -0.05) is 0 Å². The zero-order valence-electron chi connectivity index (χ0n) is 16.5. The van der Waals surface area contributed by atoms with E-state index in [0.29, 0.717) is 11.9 Å². The summed E-state index contributed by atoms with van der Waals surface area (Å²) in [6.07, 6.45) is 1.92. The predicted molar refractivity (Wildman–Crippen MR) is 126 cm³/mol. The van der Waals surface area contributed by atoms with Crippen molar-refractivity contribution in [1.29, 1.82) is 0 Å². The average Bonchev–Trinajstić information content (AvgIpc) is 2.80. The summed E-state index contributed by atoms with van der Waals surface area (Å²) in [5, 5.41) is 0.276. The van der Waals surface area contributed by atoms with Gasteiger partial charge in [0.05, 0.1) is 0 Å². The van der Waals surface area contributed by atoms with Crippen molar-refractivity contribution in [3.05, 3.63) is 103 Å². The summed E-state index contributed by atoms with van der Waals surface area (Å²) in [5.74, 6) is 0.122. The van der Waals surface area contributed by atoms with Crippen LogP contribution in [0.4, 0.5) is 0 Å². The summed E-state index contributed by atoms with van der Waals surface area (Å²) in [7, 11) is 2.95. The van der Waals surface area contributed by atoms with Gasteiger partial charge in [-0.3, -0.25) is 0 Å². The monoisotopic (exact) mass is 470 g/mol. The number of methoxy groups -OCH3 is 2. The molecule has 3 aromatic rings. The summed E-state index contributed by atoms with van der Waals surface area (Å²) in [6.45, 7) is 0. The fraction of sp³-hybridized carbons (Fsp3) is 0.125. The van der Waals surface area contributed by atoms with E-state index in [0.717, 1.165) is 15.9 Å². The minimum atomic E-state index is -3.19. The number of benzene rings is 3. The Balaban J connectivity index is 2.39. The van der Waals surface area contributed by atoms with E-state index in [2.05, 4.69) is 51.9 Å². The Morgan fingerprint density at radius 3 is 1.45 bits per heavy atom. The van der Waals surface area contributed by atoms with E-state index < -0.39 is 11.3 Å². The number of carbonyl (C=O) groups is 1. The third kappa shape index (κ3) is 4.01. The van der Waals surface area contributed by atoms with Gasteiger partial charge < -0.3 is 0 Å². The van der Waals surface area contributed by atoms with Gasteiger partial charge in [-0.25, -0.2) is 0 Å². The summed E-state index contributed by atoms with van der Waals surface area (Å²) < 4.78 is 10.5. The van der Waals surface area contributed by atoms with Gasteiger partial charge >= 0.3 is 180 Å². The molecule has 0 radical (unpaired) electrons. The molecule has 0 aliphatic rings. The van der Waals surface area contributed by atoms with Gasteiger partial charge in [-0.2, -0.15) is 0 Å². The van der Waals surface area contributed by atoms with Crippen LogP contribution in [0.3, 0.4) is 0 Å². The summed E-state index contributed by atoms with van der Waals surface area (Å²) >= 11 is 4.33. The Morgan fingerprint density at radius 2 is 1.14 bits per heavy atom. The van der Waals surface area contributed by atoms with Crippen molar-refractivity contribution in [2.75, 3.05) is 20.4 Å². The molecule has 0 heterocycles. The third-order valence-electron chi connectivity index (χ3n) is 5.08. The Hall–Kier alpha value is -2.42. The first-order chi connectivity index (χ1) is 14.0. The van der Waals surface area contributed by atoms with E-state index >= 15 is 0 Å². The van der Waals surface area contributed by atoms with E-state index in [1.165, 1.54) is 13.2 Å². The van der Waals surface area contributed by atoms with E-state index in [9.17, 15) is 4.79 Å². The number of carbonyl (C=O) groups excluding carboxylic acids is 1. The maximum absolute atomic E-state index is 12.0. The average molecular weight is 471 g/mol. The van der Waals surface area contributed by atoms with Crippen LogP contribution < -0.4 is 15.9 Å². The second kappa shape index (κ2) is 8.94.